The molecule has 0 spiro atoms. The van der Waals surface area contributed by atoms with Crippen molar-refractivity contribution in [2.45, 2.75) is 45.8 Å². The average molecular weight is 224 g/mol. The second kappa shape index (κ2) is 4.59. The molecule has 0 saturated carbocycles. The molecule has 0 aromatic rings. The number of nitrogens with one attached hydrogen (secondary N) is 1. The fourth-order valence-corrected chi connectivity index (χ4v) is 1.39. The Morgan fingerprint density at radius 3 is 2.06 bits per heavy atom. The van der Waals surface area contributed by atoms with Crippen LogP contribution < -0.4 is 5.43 Å². The molecule has 1 heterocycles. The van der Waals surface area contributed by atoms with Crippen molar-refractivity contribution in [2.75, 3.05) is 7.05 Å². The zero-order valence-corrected chi connectivity index (χ0v) is 11.0. The van der Waals surface area contributed by atoms with Crippen LogP contribution in [0.5, 0.6) is 0 Å². The third-order valence-electron chi connectivity index (χ3n) is 3.20. The van der Waals surface area contributed by atoms with E-state index >= 15 is 0 Å². The summed E-state index contributed by atoms with van der Waals surface area (Å²) in [5, 5.41) is 3.98. The van der Waals surface area contributed by atoms with Gasteiger partial charge in [0.25, 0.3) is 0 Å². The lowest BCUT2D eigenvalue weighted by Gasteiger charge is -2.32. The van der Waals surface area contributed by atoms with E-state index in [1.807, 2.05) is 40.7 Å². The van der Waals surface area contributed by atoms with Crippen molar-refractivity contribution in [1.29, 1.82) is 0 Å². The van der Waals surface area contributed by atoms with Gasteiger partial charge < -0.3 is 14.7 Å². The molecule has 0 aliphatic carbocycles. The van der Waals surface area contributed by atoms with Crippen LogP contribution in [0.4, 0.5) is 0 Å². The third-order valence-corrected chi connectivity index (χ3v) is 3.20. The number of rotatable bonds is 3. The number of nitrogens with zero attached hydrogens (tertiary/aromatic N) is 1. The Kier molecular flexibility index (Phi) is 3.81. The van der Waals surface area contributed by atoms with Gasteiger partial charge in [-0.3, -0.25) is 0 Å². The minimum Gasteiger partial charge on any atom is -0.399 e. The minimum absolute atomic E-state index is 0.306. The second-order valence-corrected chi connectivity index (χ2v) is 4.86. The van der Waals surface area contributed by atoms with Crippen LogP contribution in [0.15, 0.2) is 16.6 Å². The molecular weight excluding hydrogens is 203 g/mol. The molecule has 90 valence electrons. The first kappa shape index (κ1) is 13.3. The molecule has 0 aromatic heterocycles. The highest BCUT2D eigenvalue weighted by Crippen LogP contribution is 2.38. The summed E-state index contributed by atoms with van der Waals surface area (Å²) in [6, 6.07) is 0. The molecule has 0 atom stereocenters. The molecule has 0 unspecified atom stereocenters. The Labute approximate surface area is 98.2 Å². The molecule has 1 rings (SSSR count). The number of hydrogen-bond donors (Lipinski definition) is 1. The van der Waals surface area contributed by atoms with E-state index in [1.54, 1.807) is 13.3 Å². The van der Waals surface area contributed by atoms with Gasteiger partial charge in [-0.15, -0.1) is 0 Å². The molecule has 0 bridgehead atoms. The van der Waals surface area contributed by atoms with Gasteiger partial charge in [0.2, 0.25) is 0 Å². The van der Waals surface area contributed by atoms with Gasteiger partial charge in [0.05, 0.1) is 11.2 Å². The van der Waals surface area contributed by atoms with Gasteiger partial charge in [0, 0.05) is 13.3 Å². The number of hydrazone groups is 1. The first-order valence-electron chi connectivity index (χ1n) is 5.55. The summed E-state index contributed by atoms with van der Waals surface area (Å²) in [6.45, 7) is 10.1. The van der Waals surface area contributed by atoms with Crippen molar-refractivity contribution in [1.82, 2.24) is 5.43 Å². The third kappa shape index (κ3) is 2.47. The lowest BCUT2D eigenvalue weighted by Crippen LogP contribution is -2.41. The maximum absolute atomic E-state index is 5.90. The topological polar surface area (TPSA) is 42.9 Å². The summed E-state index contributed by atoms with van der Waals surface area (Å²) in [5.41, 5.74) is 3.03. The van der Waals surface area contributed by atoms with Gasteiger partial charge in [0.1, 0.15) is 0 Å². The smallest absolute Gasteiger partial charge is 0.399 e. The summed E-state index contributed by atoms with van der Waals surface area (Å²) in [4.78, 5) is 0. The summed E-state index contributed by atoms with van der Waals surface area (Å²) in [5.74, 6) is 0. The lowest BCUT2D eigenvalue weighted by atomic mass is 9.79. The van der Waals surface area contributed by atoms with Crippen LogP contribution in [0.2, 0.25) is 0 Å². The Morgan fingerprint density at radius 2 is 1.69 bits per heavy atom. The van der Waals surface area contributed by atoms with E-state index in [0.717, 1.165) is 5.47 Å². The fraction of sp³-hybridized carbons (Fsp3) is 0.727. The summed E-state index contributed by atoms with van der Waals surface area (Å²) in [7, 11) is 1.42. The van der Waals surface area contributed by atoms with Crippen LogP contribution in [0.1, 0.15) is 34.6 Å². The Morgan fingerprint density at radius 1 is 1.19 bits per heavy atom. The van der Waals surface area contributed by atoms with Crippen molar-refractivity contribution >= 4 is 13.3 Å². The monoisotopic (exact) mass is 224 g/mol. The molecule has 1 aliphatic rings. The molecule has 1 N–H and O–H groups in total. The zero-order valence-electron chi connectivity index (χ0n) is 11.0. The van der Waals surface area contributed by atoms with E-state index in [-0.39, 0.29) is 18.3 Å². The van der Waals surface area contributed by atoms with Gasteiger partial charge in [0.15, 0.2) is 0 Å². The van der Waals surface area contributed by atoms with Crippen LogP contribution in [0.3, 0.4) is 0 Å². The van der Waals surface area contributed by atoms with Crippen LogP contribution in [-0.2, 0) is 9.31 Å². The highest BCUT2D eigenvalue weighted by molar-refractivity contribution is 6.60. The highest BCUT2D eigenvalue weighted by Gasteiger charge is 2.52. The second-order valence-electron chi connectivity index (χ2n) is 4.86. The largest absolute Gasteiger partial charge is 0.496 e. The van der Waals surface area contributed by atoms with Gasteiger partial charge in [-0.05, 0) is 40.1 Å². The average Bonchev–Trinajstić information content (AvgIpc) is 2.37. The first-order valence-corrected chi connectivity index (χ1v) is 5.55. The fourth-order valence-electron chi connectivity index (χ4n) is 1.39. The van der Waals surface area contributed by atoms with Crippen LogP contribution in [0, 0.1) is 0 Å². The zero-order chi connectivity index (χ0) is 12.4. The molecule has 1 fully saturated rings. The maximum Gasteiger partial charge on any atom is 0.496 e. The SMILES string of the molecule is C/C=C(\C=N/NC)B1OC(C)(C)C(C)(C)O1. The van der Waals surface area contributed by atoms with E-state index in [9.17, 15) is 0 Å². The van der Waals surface area contributed by atoms with Crippen molar-refractivity contribution in [2.24, 2.45) is 5.10 Å². The molecule has 1 aliphatic heterocycles. The molecule has 0 amide bonds. The summed E-state index contributed by atoms with van der Waals surface area (Å²) >= 11 is 0. The van der Waals surface area contributed by atoms with E-state index in [4.69, 9.17) is 9.31 Å². The van der Waals surface area contributed by atoms with Gasteiger partial charge in [-0.25, -0.2) is 0 Å². The van der Waals surface area contributed by atoms with Gasteiger partial charge in [-0.1, -0.05) is 6.08 Å². The first-order chi connectivity index (χ1) is 7.34. The lowest BCUT2D eigenvalue weighted by molar-refractivity contribution is 0.00578. The Balaban J connectivity index is 2.82. The van der Waals surface area contributed by atoms with Gasteiger partial charge in [-0.2, -0.15) is 5.10 Å². The Bertz CT molecular complexity index is 295. The molecule has 1 saturated heterocycles. The van der Waals surface area contributed by atoms with Crippen molar-refractivity contribution in [3.8, 4) is 0 Å². The van der Waals surface area contributed by atoms with Crippen LogP contribution in [-0.4, -0.2) is 31.6 Å². The standard InChI is InChI=1S/C11H21BN2O2/c1-7-9(8-14-13-6)12-15-10(2,3)11(4,5)16-12/h7-8,13H,1-6H3/b9-7+,14-8-. The van der Waals surface area contributed by atoms with Crippen molar-refractivity contribution in [3.63, 3.8) is 0 Å². The predicted molar refractivity (Wildman–Crippen MR) is 67.4 cm³/mol. The molecule has 4 nitrogen and oxygen atoms in total. The van der Waals surface area contributed by atoms with E-state index in [2.05, 4.69) is 10.5 Å². The van der Waals surface area contributed by atoms with E-state index in [1.165, 1.54) is 0 Å². The summed E-state index contributed by atoms with van der Waals surface area (Å²) < 4.78 is 11.8. The normalized spacial score (nSPS) is 24.1. The maximum atomic E-state index is 5.90. The van der Waals surface area contributed by atoms with Crippen molar-refractivity contribution < 1.29 is 9.31 Å². The van der Waals surface area contributed by atoms with E-state index < -0.39 is 0 Å². The predicted octanol–water partition coefficient (Wildman–Crippen LogP) is 1.77. The summed E-state index contributed by atoms with van der Waals surface area (Å²) in [6.07, 6.45) is 3.67. The quantitative estimate of drug-likeness (QED) is 0.451. The number of hydrogen-bond acceptors (Lipinski definition) is 4. The molecule has 5 heteroatoms. The highest BCUT2D eigenvalue weighted by atomic mass is 16.7. The molecule has 0 aromatic carbocycles. The van der Waals surface area contributed by atoms with Crippen molar-refractivity contribution in [3.05, 3.63) is 11.5 Å². The molecule has 0 radical (unpaired) electrons. The van der Waals surface area contributed by atoms with Crippen LogP contribution >= 0.6 is 0 Å². The Hall–Kier alpha value is -0.805. The minimum atomic E-state index is -0.341. The van der Waals surface area contributed by atoms with E-state index in [0.29, 0.717) is 0 Å². The number of allylic oxidation sites excluding steroid dienone is 2. The van der Waals surface area contributed by atoms with Gasteiger partial charge >= 0.3 is 7.12 Å². The van der Waals surface area contributed by atoms with Crippen LogP contribution in [0.25, 0.3) is 0 Å². The molecule has 16 heavy (non-hydrogen) atoms. The molecular formula is C11H21BN2O2.